The molecule has 0 spiro atoms. The van der Waals surface area contributed by atoms with Crippen LogP contribution in [0.5, 0.6) is 0 Å². The van der Waals surface area contributed by atoms with E-state index in [0.29, 0.717) is 12.5 Å². The van der Waals surface area contributed by atoms with Crippen molar-refractivity contribution in [1.82, 2.24) is 15.1 Å². The summed E-state index contributed by atoms with van der Waals surface area (Å²) >= 11 is 0. The third kappa shape index (κ3) is 3.35. The molecule has 0 bridgehead atoms. The van der Waals surface area contributed by atoms with Crippen molar-refractivity contribution in [3.63, 3.8) is 0 Å². The van der Waals surface area contributed by atoms with Crippen molar-refractivity contribution in [2.45, 2.75) is 25.8 Å². The van der Waals surface area contributed by atoms with Crippen molar-refractivity contribution in [3.05, 3.63) is 0 Å². The number of urea groups is 1. The second-order valence-electron chi connectivity index (χ2n) is 5.53. The number of amides is 2. The van der Waals surface area contributed by atoms with E-state index in [1.165, 1.54) is 25.8 Å². The lowest BCUT2D eigenvalue weighted by Crippen LogP contribution is -2.54. The molecule has 6 nitrogen and oxygen atoms in total. The van der Waals surface area contributed by atoms with Gasteiger partial charge in [-0.05, 0) is 39.8 Å². The van der Waals surface area contributed by atoms with Gasteiger partial charge < -0.3 is 20.2 Å². The maximum absolute atomic E-state index is 11.9. The molecular weight excluding hydrogens is 234 g/mol. The molecule has 0 aromatic heterocycles. The van der Waals surface area contributed by atoms with Crippen molar-refractivity contribution in [2.24, 2.45) is 5.92 Å². The lowest BCUT2D eigenvalue weighted by Gasteiger charge is -2.31. The van der Waals surface area contributed by atoms with Crippen LogP contribution in [0, 0.1) is 5.92 Å². The normalized spacial score (nSPS) is 20.8. The molecule has 1 aliphatic rings. The van der Waals surface area contributed by atoms with Crippen molar-refractivity contribution in [1.29, 1.82) is 0 Å². The molecule has 6 heteroatoms. The van der Waals surface area contributed by atoms with Crippen LogP contribution in [0.15, 0.2) is 0 Å². The Morgan fingerprint density at radius 1 is 1.50 bits per heavy atom. The van der Waals surface area contributed by atoms with Gasteiger partial charge in [0.25, 0.3) is 0 Å². The van der Waals surface area contributed by atoms with E-state index in [4.69, 9.17) is 5.11 Å². The molecule has 1 aliphatic heterocycles. The van der Waals surface area contributed by atoms with Crippen molar-refractivity contribution in [3.8, 4) is 0 Å². The molecule has 1 atom stereocenters. The molecule has 18 heavy (non-hydrogen) atoms. The maximum Gasteiger partial charge on any atom is 0.329 e. The van der Waals surface area contributed by atoms with Crippen LogP contribution >= 0.6 is 0 Å². The van der Waals surface area contributed by atoms with Crippen LogP contribution in [-0.2, 0) is 4.79 Å². The monoisotopic (exact) mass is 257 g/mol. The van der Waals surface area contributed by atoms with Crippen LogP contribution in [0.25, 0.3) is 0 Å². The average molecular weight is 257 g/mol. The van der Waals surface area contributed by atoms with E-state index in [9.17, 15) is 9.59 Å². The van der Waals surface area contributed by atoms with Gasteiger partial charge in [-0.3, -0.25) is 0 Å². The Morgan fingerprint density at radius 3 is 2.56 bits per heavy atom. The molecule has 0 radical (unpaired) electrons. The Labute approximate surface area is 108 Å². The molecule has 1 heterocycles. The van der Waals surface area contributed by atoms with Gasteiger partial charge in [-0.1, -0.05) is 0 Å². The zero-order valence-electron chi connectivity index (χ0n) is 11.6. The first kappa shape index (κ1) is 14.8. The van der Waals surface area contributed by atoms with Crippen LogP contribution in [0.1, 0.15) is 20.3 Å². The molecule has 104 valence electrons. The van der Waals surface area contributed by atoms with E-state index in [-0.39, 0.29) is 6.03 Å². The molecule has 2 N–H and O–H groups in total. The minimum atomic E-state index is -1.20. The Bertz CT molecular complexity index is 331. The first-order chi connectivity index (χ1) is 8.25. The third-order valence-electron chi connectivity index (χ3n) is 3.70. The summed E-state index contributed by atoms with van der Waals surface area (Å²) in [6.07, 6.45) is 1.07. The van der Waals surface area contributed by atoms with E-state index in [1.54, 1.807) is 0 Å². The summed E-state index contributed by atoms with van der Waals surface area (Å²) in [7, 11) is 3.56. The maximum atomic E-state index is 11.9. The third-order valence-corrected chi connectivity index (χ3v) is 3.70. The van der Waals surface area contributed by atoms with Gasteiger partial charge >= 0.3 is 12.0 Å². The minimum Gasteiger partial charge on any atom is -0.480 e. The zero-order chi connectivity index (χ0) is 13.9. The number of likely N-dealkylation sites (N-methyl/N-ethyl adjacent to an activating group) is 1. The highest BCUT2D eigenvalue weighted by Crippen LogP contribution is 2.15. The van der Waals surface area contributed by atoms with Gasteiger partial charge in [0.1, 0.15) is 5.54 Å². The summed E-state index contributed by atoms with van der Waals surface area (Å²) in [4.78, 5) is 26.4. The quantitative estimate of drug-likeness (QED) is 0.766. The van der Waals surface area contributed by atoms with Gasteiger partial charge in [0.2, 0.25) is 0 Å². The topological polar surface area (TPSA) is 72.9 Å². The number of likely N-dealkylation sites (tertiary alicyclic amines) is 1. The van der Waals surface area contributed by atoms with Crippen LogP contribution < -0.4 is 5.32 Å². The molecule has 1 fully saturated rings. The highest BCUT2D eigenvalue weighted by molar-refractivity contribution is 5.85. The molecule has 0 aliphatic carbocycles. The predicted octanol–water partition coefficient (Wildman–Crippen LogP) is 0.443. The molecular formula is C12H23N3O3. The van der Waals surface area contributed by atoms with Crippen LogP contribution in [0.4, 0.5) is 4.79 Å². The largest absolute Gasteiger partial charge is 0.480 e. The number of carbonyl (C=O) groups excluding carboxylic acids is 1. The second-order valence-corrected chi connectivity index (χ2v) is 5.53. The molecule has 0 aromatic rings. The van der Waals surface area contributed by atoms with Crippen LogP contribution in [-0.4, -0.2) is 66.2 Å². The van der Waals surface area contributed by atoms with Crippen molar-refractivity contribution < 1.29 is 14.7 Å². The first-order valence-corrected chi connectivity index (χ1v) is 6.18. The van der Waals surface area contributed by atoms with Gasteiger partial charge in [-0.2, -0.15) is 0 Å². The fraction of sp³-hybridized carbons (Fsp3) is 0.833. The molecule has 2 amide bonds. The standard InChI is InChI=1S/C12H23N3O3/c1-12(2,10(16)17)15(4)11(18)13-7-9-5-6-14(3)8-9/h9H,5-8H2,1-4H3,(H,13,18)(H,16,17). The lowest BCUT2D eigenvalue weighted by atomic mass is 10.0. The van der Waals surface area contributed by atoms with E-state index in [2.05, 4.69) is 17.3 Å². The molecule has 0 saturated carbocycles. The number of nitrogens with zero attached hydrogens (tertiary/aromatic N) is 2. The first-order valence-electron chi connectivity index (χ1n) is 6.18. The molecule has 1 saturated heterocycles. The second kappa shape index (κ2) is 5.56. The van der Waals surface area contributed by atoms with Crippen LogP contribution in [0.3, 0.4) is 0 Å². The summed E-state index contributed by atoms with van der Waals surface area (Å²) in [5.74, 6) is -0.555. The number of carboxylic acid groups (broad SMARTS) is 1. The zero-order valence-corrected chi connectivity index (χ0v) is 11.6. The van der Waals surface area contributed by atoms with Crippen LogP contribution in [0.2, 0.25) is 0 Å². The Hall–Kier alpha value is -1.30. The lowest BCUT2D eigenvalue weighted by molar-refractivity contribution is -0.146. The Morgan fingerprint density at radius 2 is 2.11 bits per heavy atom. The molecule has 0 aromatic carbocycles. The number of hydrogen-bond acceptors (Lipinski definition) is 3. The van der Waals surface area contributed by atoms with E-state index in [0.717, 1.165) is 19.5 Å². The van der Waals surface area contributed by atoms with Gasteiger partial charge in [0.15, 0.2) is 0 Å². The average Bonchev–Trinajstić information content (AvgIpc) is 2.70. The minimum absolute atomic E-state index is 0.336. The van der Waals surface area contributed by atoms with E-state index in [1.807, 2.05) is 0 Å². The number of carboxylic acids is 1. The fourth-order valence-corrected chi connectivity index (χ4v) is 1.94. The summed E-state index contributed by atoms with van der Waals surface area (Å²) < 4.78 is 0. The number of nitrogens with one attached hydrogen (secondary N) is 1. The van der Waals surface area contributed by atoms with E-state index < -0.39 is 11.5 Å². The highest BCUT2D eigenvalue weighted by Gasteiger charge is 2.35. The van der Waals surface area contributed by atoms with Gasteiger partial charge in [0.05, 0.1) is 0 Å². The Balaban J connectivity index is 2.43. The van der Waals surface area contributed by atoms with Crippen molar-refractivity contribution >= 4 is 12.0 Å². The Kier molecular flexibility index (Phi) is 4.56. The number of hydrogen-bond donors (Lipinski definition) is 2. The molecule has 1 unspecified atom stereocenters. The highest BCUT2D eigenvalue weighted by atomic mass is 16.4. The summed E-state index contributed by atoms with van der Waals surface area (Å²) in [5.41, 5.74) is -1.20. The summed E-state index contributed by atoms with van der Waals surface area (Å²) in [6, 6.07) is -0.336. The predicted molar refractivity (Wildman–Crippen MR) is 68.5 cm³/mol. The van der Waals surface area contributed by atoms with E-state index >= 15 is 0 Å². The smallest absolute Gasteiger partial charge is 0.329 e. The summed E-state index contributed by atoms with van der Waals surface area (Å²) in [5, 5.41) is 11.8. The van der Waals surface area contributed by atoms with Gasteiger partial charge in [-0.15, -0.1) is 0 Å². The van der Waals surface area contributed by atoms with Gasteiger partial charge in [0, 0.05) is 20.1 Å². The summed E-state index contributed by atoms with van der Waals surface area (Å²) in [6.45, 7) is 5.66. The van der Waals surface area contributed by atoms with Crippen molar-refractivity contribution in [2.75, 3.05) is 33.7 Å². The number of rotatable bonds is 4. The fourth-order valence-electron chi connectivity index (χ4n) is 1.94. The molecule has 1 rings (SSSR count). The van der Waals surface area contributed by atoms with Gasteiger partial charge in [-0.25, -0.2) is 9.59 Å². The number of carbonyl (C=O) groups is 2. The SMILES string of the molecule is CN1CCC(CNC(=O)N(C)C(C)(C)C(=O)O)C1. The number of aliphatic carboxylic acids is 1.